The predicted molar refractivity (Wildman–Crippen MR) is 120 cm³/mol. The summed E-state index contributed by atoms with van der Waals surface area (Å²) in [6.45, 7) is 0.630. The van der Waals surface area contributed by atoms with Gasteiger partial charge in [-0.15, -0.1) is 5.10 Å². The summed E-state index contributed by atoms with van der Waals surface area (Å²) in [7, 11) is 1.61. The van der Waals surface area contributed by atoms with E-state index in [9.17, 15) is 4.39 Å². The van der Waals surface area contributed by atoms with Crippen LogP contribution in [0.1, 0.15) is 23.7 Å². The van der Waals surface area contributed by atoms with Gasteiger partial charge < -0.3 is 14.6 Å². The highest BCUT2D eigenvalue weighted by Crippen LogP contribution is 2.32. The highest BCUT2D eigenvalue weighted by Gasteiger charge is 2.23. The van der Waals surface area contributed by atoms with Crippen molar-refractivity contribution in [1.82, 2.24) is 24.3 Å². The van der Waals surface area contributed by atoms with Crippen molar-refractivity contribution in [2.75, 3.05) is 12.4 Å². The summed E-state index contributed by atoms with van der Waals surface area (Å²) in [5.41, 5.74) is 2.60. The summed E-state index contributed by atoms with van der Waals surface area (Å²) in [6.07, 6.45) is 8.30. The van der Waals surface area contributed by atoms with Crippen LogP contribution in [0.5, 0.6) is 5.75 Å². The summed E-state index contributed by atoms with van der Waals surface area (Å²) in [5, 5.41) is 8.30. The maximum absolute atomic E-state index is 13.4. The molecule has 0 amide bonds. The number of hydrogen-bond donors (Lipinski definition) is 1. The Morgan fingerprint density at radius 3 is 2.75 bits per heavy atom. The van der Waals surface area contributed by atoms with Crippen LogP contribution in [-0.4, -0.2) is 31.4 Å². The van der Waals surface area contributed by atoms with E-state index >= 15 is 0 Å². The van der Waals surface area contributed by atoms with Crippen LogP contribution in [0.15, 0.2) is 67.1 Å². The maximum Gasteiger partial charge on any atom is 0.246 e. The molecule has 1 aliphatic heterocycles. The number of anilines is 2. The van der Waals surface area contributed by atoms with Crippen LogP contribution in [0.4, 0.5) is 16.0 Å². The van der Waals surface area contributed by atoms with E-state index < -0.39 is 0 Å². The normalized spacial score (nSPS) is 15.3. The first-order valence-corrected chi connectivity index (χ1v) is 10.5. The molecule has 0 unspecified atom stereocenters. The number of aromatic nitrogens is 5. The molecular formula is C23H20ClFN6O. The second-order valence-electron chi connectivity index (χ2n) is 7.40. The Labute approximate surface area is 189 Å². The minimum absolute atomic E-state index is 0.000279. The summed E-state index contributed by atoms with van der Waals surface area (Å²) in [6, 6.07) is 12.2. The van der Waals surface area contributed by atoms with Gasteiger partial charge in [0, 0.05) is 23.9 Å². The van der Waals surface area contributed by atoms with Gasteiger partial charge in [0.1, 0.15) is 28.9 Å². The molecule has 3 heterocycles. The first-order chi connectivity index (χ1) is 15.6. The Balaban J connectivity index is 1.44. The predicted octanol–water partition coefficient (Wildman–Crippen LogP) is 5.10. The third-order valence-electron chi connectivity index (χ3n) is 5.37. The maximum atomic E-state index is 13.4. The number of methoxy groups -OCH3 is 1. The number of hydrogen-bond acceptors (Lipinski definition) is 5. The third kappa shape index (κ3) is 3.97. The lowest BCUT2D eigenvalue weighted by Crippen LogP contribution is -2.08. The first-order valence-electron chi connectivity index (χ1n) is 10.1. The lowest BCUT2D eigenvalue weighted by Gasteiger charge is -2.13. The van der Waals surface area contributed by atoms with Gasteiger partial charge in [-0.1, -0.05) is 35.9 Å². The molecule has 0 saturated heterocycles. The lowest BCUT2D eigenvalue weighted by atomic mass is 9.95. The topological polar surface area (TPSA) is 69.8 Å². The quantitative estimate of drug-likeness (QED) is 0.428. The van der Waals surface area contributed by atoms with Crippen molar-refractivity contribution in [1.29, 1.82) is 0 Å². The molecule has 0 saturated carbocycles. The molecule has 7 nitrogen and oxygen atoms in total. The molecule has 0 bridgehead atoms. The average molecular weight is 451 g/mol. The number of nitrogens with zero attached hydrogens (tertiary/aromatic N) is 5. The number of nitrogens with one attached hydrogen (secondary N) is 1. The molecule has 0 radical (unpaired) electrons. The van der Waals surface area contributed by atoms with Crippen molar-refractivity contribution < 1.29 is 9.13 Å². The Morgan fingerprint density at radius 1 is 1.16 bits per heavy atom. The monoisotopic (exact) mass is 450 g/mol. The van der Waals surface area contributed by atoms with E-state index in [1.165, 1.54) is 12.1 Å². The summed E-state index contributed by atoms with van der Waals surface area (Å²) < 4.78 is 22.6. The van der Waals surface area contributed by atoms with Crippen molar-refractivity contribution in [3.63, 3.8) is 0 Å². The molecule has 4 aromatic rings. The number of imidazole rings is 1. The van der Waals surface area contributed by atoms with Gasteiger partial charge in [-0.3, -0.25) is 0 Å². The molecule has 1 aliphatic rings. The molecule has 1 atom stereocenters. The van der Waals surface area contributed by atoms with Gasteiger partial charge >= 0.3 is 0 Å². The minimum atomic E-state index is -0.253. The van der Waals surface area contributed by atoms with E-state index in [0.29, 0.717) is 23.4 Å². The largest absolute Gasteiger partial charge is 0.494 e. The van der Waals surface area contributed by atoms with Gasteiger partial charge in [0.2, 0.25) is 5.95 Å². The van der Waals surface area contributed by atoms with Crippen molar-refractivity contribution >= 4 is 23.2 Å². The van der Waals surface area contributed by atoms with E-state index in [0.717, 1.165) is 29.2 Å². The zero-order chi connectivity index (χ0) is 22.1. The molecule has 162 valence electrons. The van der Waals surface area contributed by atoms with E-state index in [4.69, 9.17) is 21.3 Å². The van der Waals surface area contributed by atoms with E-state index in [1.54, 1.807) is 36.3 Å². The van der Waals surface area contributed by atoms with Gasteiger partial charge in [-0.05, 0) is 36.2 Å². The second-order valence-corrected chi connectivity index (χ2v) is 7.79. The fourth-order valence-corrected chi connectivity index (χ4v) is 3.97. The van der Waals surface area contributed by atoms with Crippen LogP contribution < -0.4 is 10.1 Å². The fourth-order valence-electron chi connectivity index (χ4n) is 3.82. The molecule has 2 aromatic carbocycles. The Kier molecular flexibility index (Phi) is 5.36. The van der Waals surface area contributed by atoms with Gasteiger partial charge in [0.05, 0.1) is 19.3 Å². The third-order valence-corrected chi connectivity index (χ3v) is 5.56. The average Bonchev–Trinajstić information content (AvgIpc) is 3.35. The smallest absolute Gasteiger partial charge is 0.246 e. The highest BCUT2D eigenvalue weighted by atomic mass is 35.5. The number of halogens is 2. The zero-order valence-corrected chi connectivity index (χ0v) is 18.0. The molecule has 2 aromatic heterocycles. The van der Waals surface area contributed by atoms with Crippen LogP contribution >= 0.6 is 11.6 Å². The van der Waals surface area contributed by atoms with Gasteiger partial charge in [-0.25, -0.2) is 14.1 Å². The molecule has 0 fully saturated rings. The van der Waals surface area contributed by atoms with Crippen LogP contribution in [0, 0.1) is 5.82 Å². The minimum Gasteiger partial charge on any atom is -0.494 e. The lowest BCUT2D eigenvalue weighted by molar-refractivity contribution is 0.413. The van der Waals surface area contributed by atoms with Crippen molar-refractivity contribution in [3.8, 4) is 11.4 Å². The van der Waals surface area contributed by atoms with Crippen molar-refractivity contribution in [2.24, 2.45) is 0 Å². The molecular weight excluding hydrogens is 431 g/mol. The number of fused-ring (bicyclic) bond motifs is 1. The van der Waals surface area contributed by atoms with Gasteiger partial charge in [0.25, 0.3) is 0 Å². The Bertz CT molecular complexity index is 1280. The van der Waals surface area contributed by atoms with E-state index in [2.05, 4.69) is 27.6 Å². The SMILES string of the molecule is COc1cc(Nc2nc3n(n2)CC=CC[C@H]3c2ccc(F)cc2)ccc1-n1cnc(Cl)c1. The number of ether oxygens (including phenoxy) is 1. The highest BCUT2D eigenvalue weighted by molar-refractivity contribution is 6.29. The molecule has 5 rings (SSSR count). The molecule has 9 heteroatoms. The molecule has 0 aliphatic carbocycles. The van der Waals surface area contributed by atoms with E-state index in [-0.39, 0.29) is 11.7 Å². The molecule has 1 N–H and O–H groups in total. The fraction of sp³-hybridized carbons (Fsp3) is 0.174. The number of allylic oxidation sites excluding steroid dienone is 2. The number of benzene rings is 2. The summed E-state index contributed by atoms with van der Waals surface area (Å²) in [4.78, 5) is 8.81. The number of rotatable bonds is 5. The Morgan fingerprint density at radius 2 is 2.00 bits per heavy atom. The van der Waals surface area contributed by atoms with Gasteiger partial charge in [-0.2, -0.15) is 4.98 Å². The summed E-state index contributed by atoms with van der Waals surface area (Å²) in [5.74, 6) is 1.72. The van der Waals surface area contributed by atoms with Crippen LogP contribution in [-0.2, 0) is 6.54 Å². The van der Waals surface area contributed by atoms with Crippen molar-refractivity contribution in [2.45, 2.75) is 18.9 Å². The molecule has 0 spiro atoms. The first kappa shape index (κ1) is 20.3. The zero-order valence-electron chi connectivity index (χ0n) is 17.2. The summed E-state index contributed by atoms with van der Waals surface area (Å²) >= 11 is 5.94. The second kappa shape index (κ2) is 8.47. The van der Waals surface area contributed by atoms with Crippen molar-refractivity contribution in [3.05, 3.63) is 89.5 Å². The molecule has 32 heavy (non-hydrogen) atoms. The standard InChI is InChI=1S/C23H20ClFN6O/c1-32-20-12-17(9-10-19(20)30-13-21(24)26-14-30)27-23-28-22-18(4-2-3-11-31(22)29-23)15-5-7-16(25)8-6-15/h2-3,5-10,12-14,18H,4,11H2,1H3,(H,27,29)/t18-/m0/s1. The van der Waals surface area contributed by atoms with Crippen LogP contribution in [0.3, 0.4) is 0 Å². The van der Waals surface area contributed by atoms with Crippen LogP contribution in [0.25, 0.3) is 5.69 Å². The van der Waals surface area contributed by atoms with Gasteiger partial charge in [0.15, 0.2) is 0 Å². The van der Waals surface area contributed by atoms with E-state index in [1.807, 2.05) is 22.9 Å². The Hall–Kier alpha value is -3.65. The van der Waals surface area contributed by atoms with Crippen LogP contribution in [0.2, 0.25) is 5.15 Å².